The first-order chi connectivity index (χ1) is 11.6. The predicted octanol–water partition coefficient (Wildman–Crippen LogP) is 3.56. The van der Waals surface area contributed by atoms with E-state index in [9.17, 15) is 4.79 Å². The summed E-state index contributed by atoms with van der Waals surface area (Å²) in [6.45, 7) is 2.71. The smallest absolute Gasteiger partial charge is 0.262 e. The maximum Gasteiger partial charge on any atom is 0.262 e. The van der Waals surface area contributed by atoms with Crippen molar-refractivity contribution in [2.45, 2.75) is 13.3 Å². The molecule has 0 aromatic heterocycles. The number of hydrogen-bond donors (Lipinski definition) is 1. The molecule has 1 amide bonds. The minimum Gasteiger partial charge on any atom is -0.494 e. The van der Waals surface area contributed by atoms with E-state index < -0.39 is 0 Å². The van der Waals surface area contributed by atoms with Gasteiger partial charge in [0.2, 0.25) is 0 Å². The van der Waals surface area contributed by atoms with Crippen LogP contribution in [0.4, 0.5) is 11.4 Å². The summed E-state index contributed by atoms with van der Waals surface area (Å²) in [6, 6.07) is 14.9. The number of carbonyl (C=O) groups is 1. The monoisotopic (exact) mass is 328 g/mol. The van der Waals surface area contributed by atoms with Gasteiger partial charge in [-0.3, -0.25) is 4.79 Å². The molecule has 2 rings (SSSR count). The molecule has 0 bridgehead atoms. The molecule has 5 nitrogen and oxygen atoms in total. The number of anilines is 2. The highest BCUT2D eigenvalue weighted by molar-refractivity contribution is 5.92. The van der Waals surface area contributed by atoms with Crippen molar-refractivity contribution in [1.29, 1.82) is 0 Å². The number of benzene rings is 2. The molecule has 128 valence electrons. The first kappa shape index (κ1) is 17.7. The molecular formula is C19H24N2O3. The highest BCUT2D eigenvalue weighted by Gasteiger charge is 2.05. The molecule has 0 atom stereocenters. The third-order valence-electron chi connectivity index (χ3n) is 3.33. The van der Waals surface area contributed by atoms with Crippen LogP contribution in [0.15, 0.2) is 48.5 Å². The molecule has 24 heavy (non-hydrogen) atoms. The Hall–Kier alpha value is -2.69. The van der Waals surface area contributed by atoms with Gasteiger partial charge in [-0.15, -0.1) is 0 Å². The average Bonchev–Trinajstić information content (AvgIpc) is 2.59. The number of carbonyl (C=O) groups excluding carboxylic acids is 1. The molecule has 0 saturated heterocycles. The number of ether oxygens (including phenoxy) is 2. The van der Waals surface area contributed by atoms with Crippen molar-refractivity contribution >= 4 is 17.3 Å². The molecule has 0 aliphatic rings. The second-order valence-corrected chi connectivity index (χ2v) is 5.60. The first-order valence-electron chi connectivity index (χ1n) is 8.01. The van der Waals surface area contributed by atoms with Crippen molar-refractivity contribution in [3.8, 4) is 11.5 Å². The van der Waals surface area contributed by atoms with Crippen LogP contribution in [0.5, 0.6) is 11.5 Å². The summed E-state index contributed by atoms with van der Waals surface area (Å²) in [6.07, 6.45) is 0.966. The molecule has 0 radical (unpaired) electrons. The standard InChI is InChI=1S/C19H24N2O3/c1-4-13-23-17-9-11-18(12-10-17)24-14-19(22)20-15-5-7-16(8-6-15)21(2)3/h5-12H,4,13-14H2,1-3H3,(H,20,22). The molecule has 0 spiro atoms. The summed E-state index contributed by atoms with van der Waals surface area (Å²) in [7, 11) is 3.94. The van der Waals surface area contributed by atoms with E-state index in [0.29, 0.717) is 12.4 Å². The Balaban J connectivity index is 1.80. The summed E-state index contributed by atoms with van der Waals surface area (Å²) in [4.78, 5) is 13.9. The van der Waals surface area contributed by atoms with Crippen molar-refractivity contribution in [1.82, 2.24) is 0 Å². The largest absolute Gasteiger partial charge is 0.494 e. The van der Waals surface area contributed by atoms with Gasteiger partial charge >= 0.3 is 0 Å². The first-order valence-corrected chi connectivity index (χ1v) is 8.01. The third kappa shape index (κ3) is 5.50. The summed E-state index contributed by atoms with van der Waals surface area (Å²) in [5.74, 6) is 1.24. The normalized spacial score (nSPS) is 10.1. The zero-order valence-corrected chi connectivity index (χ0v) is 14.4. The van der Waals surface area contributed by atoms with Crippen molar-refractivity contribution in [2.75, 3.05) is 37.5 Å². The van der Waals surface area contributed by atoms with Crippen molar-refractivity contribution in [2.24, 2.45) is 0 Å². The van der Waals surface area contributed by atoms with Crippen molar-refractivity contribution in [3.05, 3.63) is 48.5 Å². The zero-order chi connectivity index (χ0) is 17.4. The van der Waals surface area contributed by atoms with E-state index in [1.54, 1.807) is 12.1 Å². The second kappa shape index (κ2) is 8.82. The molecule has 2 aromatic rings. The van der Waals surface area contributed by atoms with E-state index in [0.717, 1.165) is 23.5 Å². The van der Waals surface area contributed by atoms with Crippen LogP contribution in [0.3, 0.4) is 0 Å². The highest BCUT2D eigenvalue weighted by atomic mass is 16.5. The van der Waals surface area contributed by atoms with Crippen LogP contribution >= 0.6 is 0 Å². The van der Waals surface area contributed by atoms with Crippen LogP contribution in [-0.2, 0) is 4.79 Å². The lowest BCUT2D eigenvalue weighted by Crippen LogP contribution is -2.20. The van der Waals surface area contributed by atoms with Gasteiger partial charge in [0.15, 0.2) is 6.61 Å². The SMILES string of the molecule is CCCOc1ccc(OCC(=O)Nc2ccc(N(C)C)cc2)cc1. The van der Waals surface area contributed by atoms with Gasteiger partial charge in [0.25, 0.3) is 5.91 Å². The lowest BCUT2D eigenvalue weighted by atomic mass is 10.2. The number of hydrogen-bond acceptors (Lipinski definition) is 4. The second-order valence-electron chi connectivity index (χ2n) is 5.60. The van der Waals surface area contributed by atoms with Crippen LogP contribution in [0.25, 0.3) is 0 Å². The zero-order valence-electron chi connectivity index (χ0n) is 14.4. The van der Waals surface area contributed by atoms with Crippen molar-refractivity contribution in [3.63, 3.8) is 0 Å². The molecular weight excluding hydrogens is 304 g/mol. The fraction of sp³-hybridized carbons (Fsp3) is 0.316. The summed E-state index contributed by atoms with van der Waals surface area (Å²) in [5.41, 5.74) is 1.83. The quantitative estimate of drug-likeness (QED) is 0.805. The van der Waals surface area contributed by atoms with Crippen LogP contribution in [0.2, 0.25) is 0 Å². The maximum atomic E-state index is 11.9. The van der Waals surface area contributed by atoms with Crippen molar-refractivity contribution < 1.29 is 14.3 Å². The maximum absolute atomic E-state index is 11.9. The van der Waals surface area contributed by atoms with E-state index in [-0.39, 0.29) is 12.5 Å². The minimum atomic E-state index is -0.195. The summed E-state index contributed by atoms with van der Waals surface area (Å²) < 4.78 is 11.0. The lowest BCUT2D eigenvalue weighted by Gasteiger charge is -2.13. The van der Waals surface area contributed by atoms with E-state index in [2.05, 4.69) is 12.2 Å². The van der Waals surface area contributed by atoms with Crippen LogP contribution in [0.1, 0.15) is 13.3 Å². The Labute approximate surface area is 143 Å². The Morgan fingerprint density at radius 3 is 2.08 bits per heavy atom. The van der Waals surface area contributed by atoms with Gasteiger partial charge in [-0.2, -0.15) is 0 Å². The van der Waals surface area contributed by atoms with Gasteiger partial charge in [-0.05, 0) is 55.0 Å². The fourth-order valence-electron chi connectivity index (χ4n) is 2.04. The summed E-state index contributed by atoms with van der Waals surface area (Å²) >= 11 is 0. The van der Waals surface area contributed by atoms with Crippen LogP contribution < -0.4 is 19.7 Å². The van der Waals surface area contributed by atoms with Crippen LogP contribution in [0, 0.1) is 0 Å². The van der Waals surface area contributed by atoms with E-state index in [4.69, 9.17) is 9.47 Å². The number of amides is 1. The Morgan fingerprint density at radius 2 is 1.54 bits per heavy atom. The van der Waals surface area contributed by atoms with E-state index in [1.807, 2.05) is 55.4 Å². The van der Waals surface area contributed by atoms with E-state index >= 15 is 0 Å². The molecule has 0 aliphatic carbocycles. The van der Waals surface area contributed by atoms with Gasteiger partial charge in [0.05, 0.1) is 6.61 Å². The average molecular weight is 328 g/mol. The molecule has 5 heteroatoms. The highest BCUT2D eigenvalue weighted by Crippen LogP contribution is 2.18. The third-order valence-corrected chi connectivity index (χ3v) is 3.33. The predicted molar refractivity (Wildman–Crippen MR) is 97.1 cm³/mol. The minimum absolute atomic E-state index is 0.0371. The molecule has 0 saturated carbocycles. The van der Waals surface area contributed by atoms with Crippen LogP contribution in [-0.4, -0.2) is 33.2 Å². The fourth-order valence-corrected chi connectivity index (χ4v) is 2.04. The van der Waals surface area contributed by atoms with Gasteiger partial charge in [0, 0.05) is 25.5 Å². The van der Waals surface area contributed by atoms with Gasteiger partial charge in [-0.25, -0.2) is 0 Å². The van der Waals surface area contributed by atoms with Gasteiger partial charge < -0.3 is 19.7 Å². The number of nitrogens with one attached hydrogen (secondary N) is 1. The molecule has 0 unspecified atom stereocenters. The Kier molecular flexibility index (Phi) is 6.49. The molecule has 0 fully saturated rings. The molecule has 1 N–H and O–H groups in total. The van der Waals surface area contributed by atoms with E-state index in [1.165, 1.54) is 0 Å². The molecule has 0 heterocycles. The Morgan fingerprint density at radius 1 is 0.958 bits per heavy atom. The molecule has 2 aromatic carbocycles. The topological polar surface area (TPSA) is 50.8 Å². The molecule has 0 aliphatic heterocycles. The Bertz CT molecular complexity index is 637. The number of rotatable bonds is 8. The summed E-state index contributed by atoms with van der Waals surface area (Å²) in [5, 5.41) is 2.81. The van der Waals surface area contributed by atoms with Gasteiger partial charge in [0.1, 0.15) is 11.5 Å². The van der Waals surface area contributed by atoms with Gasteiger partial charge in [-0.1, -0.05) is 6.92 Å². The number of nitrogens with zero attached hydrogens (tertiary/aromatic N) is 1. The lowest BCUT2D eigenvalue weighted by molar-refractivity contribution is -0.118.